The average Bonchev–Trinajstić information content (AvgIpc) is 2.50. The summed E-state index contributed by atoms with van der Waals surface area (Å²) in [6.45, 7) is -1.70. The fourth-order valence-electron chi connectivity index (χ4n) is 1.77. The van der Waals surface area contributed by atoms with Gasteiger partial charge in [-0.25, -0.2) is 0 Å². The largest absolute Gasteiger partial charge is 1.00 e. The molecule has 1 rings (SSSR count). The molecule has 0 unspecified atom stereocenters. The molecule has 0 amide bonds. The summed E-state index contributed by atoms with van der Waals surface area (Å²) >= 11 is 0. The van der Waals surface area contributed by atoms with Gasteiger partial charge < -0.3 is 19.4 Å². The van der Waals surface area contributed by atoms with Crippen molar-refractivity contribution >= 4 is 28.9 Å². The quantitative estimate of drug-likeness (QED) is 0.100. The van der Waals surface area contributed by atoms with Crippen LogP contribution in [0.25, 0.3) is 0 Å². The molecule has 0 spiro atoms. The SMILES string of the molecule is O=C([O-])Oc1c(OC[N+](=O)[O-])c([N+](=O)[O-])c([N+](=O)[O-])c([N+](=O)[O-])c1[N+](=O)[O-].[Na+]. The molecular formula is C8H2N5NaO14. The Morgan fingerprint density at radius 1 is 0.714 bits per heavy atom. The molecule has 0 N–H and O–H groups in total. The van der Waals surface area contributed by atoms with Crippen molar-refractivity contribution in [3.05, 3.63) is 50.6 Å². The number of carbonyl (C=O) groups is 1. The Morgan fingerprint density at radius 2 is 1.07 bits per heavy atom. The van der Waals surface area contributed by atoms with E-state index in [2.05, 4.69) is 9.47 Å². The summed E-state index contributed by atoms with van der Waals surface area (Å²) in [7, 11) is 0. The van der Waals surface area contributed by atoms with Crippen LogP contribution >= 0.6 is 0 Å². The summed E-state index contributed by atoms with van der Waals surface area (Å²) < 4.78 is 7.99. The Balaban J connectivity index is 0.00000729. The second-order valence-corrected chi connectivity index (χ2v) is 4.04. The number of nitro benzene ring substituents is 4. The average molecular weight is 415 g/mol. The van der Waals surface area contributed by atoms with Gasteiger partial charge in [-0.1, -0.05) is 0 Å². The van der Waals surface area contributed by atoms with Gasteiger partial charge in [-0.3, -0.25) is 50.6 Å². The van der Waals surface area contributed by atoms with Crippen LogP contribution in [0.5, 0.6) is 11.5 Å². The number of carboxylic acid groups (broad SMARTS) is 1. The fraction of sp³-hybridized carbons (Fsp3) is 0.125. The molecule has 0 aliphatic heterocycles. The van der Waals surface area contributed by atoms with Crippen LogP contribution in [0.15, 0.2) is 0 Å². The number of carbonyl (C=O) groups excluding carboxylic acids is 1. The van der Waals surface area contributed by atoms with Gasteiger partial charge in [0.1, 0.15) is 0 Å². The van der Waals surface area contributed by atoms with E-state index in [0.29, 0.717) is 0 Å². The summed E-state index contributed by atoms with van der Waals surface area (Å²) in [4.78, 5) is 57.0. The minimum absolute atomic E-state index is 0. The van der Waals surface area contributed by atoms with Crippen LogP contribution < -0.4 is 44.1 Å². The van der Waals surface area contributed by atoms with E-state index >= 15 is 0 Å². The number of benzene rings is 1. The third-order valence-electron chi connectivity index (χ3n) is 2.54. The molecule has 0 aromatic heterocycles. The van der Waals surface area contributed by atoms with Gasteiger partial charge >= 0.3 is 59.0 Å². The molecule has 0 bridgehead atoms. The van der Waals surface area contributed by atoms with E-state index in [1.54, 1.807) is 0 Å². The molecule has 0 aliphatic carbocycles. The molecule has 0 saturated carbocycles. The number of hydrogen-bond donors (Lipinski definition) is 0. The first-order chi connectivity index (χ1) is 12.4. The summed E-state index contributed by atoms with van der Waals surface area (Å²) in [5, 5.41) is 65.3. The van der Waals surface area contributed by atoms with E-state index in [1.165, 1.54) is 0 Å². The number of nitro groups is 5. The third kappa shape index (κ3) is 4.93. The summed E-state index contributed by atoms with van der Waals surface area (Å²) in [5.74, 6) is -3.63. The number of hydrogen-bond acceptors (Lipinski definition) is 14. The van der Waals surface area contributed by atoms with Crippen LogP contribution in [0.2, 0.25) is 0 Å². The van der Waals surface area contributed by atoms with Crippen molar-refractivity contribution in [1.82, 2.24) is 0 Å². The third-order valence-corrected chi connectivity index (χ3v) is 2.54. The zero-order chi connectivity index (χ0) is 21.0. The maximum absolute atomic E-state index is 11.1. The Hall–Kier alpha value is -3.71. The van der Waals surface area contributed by atoms with Crippen LogP contribution in [-0.4, -0.2) is 37.5 Å². The van der Waals surface area contributed by atoms with E-state index in [9.17, 15) is 60.5 Å². The number of ether oxygens (including phenoxy) is 2. The first-order valence-electron chi connectivity index (χ1n) is 5.85. The molecule has 0 heterocycles. The van der Waals surface area contributed by atoms with Crippen LogP contribution in [0.3, 0.4) is 0 Å². The van der Waals surface area contributed by atoms with Crippen molar-refractivity contribution in [2.45, 2.75) is 0 Å². The van der Waals surface area contributed by atoms with Gasteiger partial charge in [0.05, 0.1) is 24.6 Å². The molecule has 19 nitrogen and oxygen atoms in total. The smallest absolute Gasteiger partial charge is 0.503 e. The second kappa shape index (κ2) is 9.29. The maximum atomic E-state index is 11.1. The minimum atomic E-state index is -2.64. The van der Waals surface area contributed by atoms with Gasteiger partial charge in [0.2, 0.25) is 5.75 Å². The molecule has 0 saturated heterocycles. The predicted molar refractivity (Wildman–Crippen MR) is 71.6 cm³/mol. The number of rotatable bonds is 8. The molecule has 28 heavy (non-hydrogen) atoms. The summed E-state index contributed by atoms with van der Waals surface area (Å²) in [5.41, 5.74) is -8.20. The van der Waals surface area contributed by atoms with Gasteiger partial charge in [-0.15, -0.1) is 0 Å². The molecule has 0 aliphatic rings. The monoisotopic (exact) mass is 415 g/mol. The minimum Gasteiger partial charge on any atom is -0.503 e. The predicted octanol–water partition coefficient (Wildman–Crippen LogP) is -3.34. The van der Waals surface area contributed by atoms with Gasteiger partial charge in [0.15, 0.2) is 5.75 Å². The van der Waals surface area contributed by atoms with Crippen molar-refractivity contribution in [3.63, 3.8) is 0 Å². The van der Waals surface area contributed by atoms with Crippen LogP contribution in [0.4, 0.5) is 27.5 Å². The molecular weight excluding hydrogens is 413 g/mol. The molecule has 0 atom stereocenters. The van der Waals surface area contributed by atoms with Gasteiger partial charge in [-0.2, -0.15) is 0 Å². The van der Waals surface area contributed by atoms with Crippen molar-refractivity contribution in [2.75, 3.05) is 6.73 Å². The standard InChI is InChI=1S/C8H3N5O14.Na/c14-8(15)27-7-5(13(24)25)3(11(20)21)2(10(18)19)4(12(22)23)6(7)26-1-9(16)17;/h1H2,(H,14,15);/q;+1/p-1. The molecule has 0 radical (unpaired) electrons. The first-order valence-corrected chi connectivity index (χ1v) is 5.85. The normalized spacial score (nSPS) is 9.57. The fourth-order valence-corrected chi connectivity index (χ4v) is 1.77. The maximum Gasteiger partial charge on any atom is 1.00 e. The molecule has 144 valence electrons. The second-order valence-electron chi connectivity index (χ2n) is 4.04. The first kappa shape index (κ1) is 24.3. The summed E-state index contributed by atoms with van der Waals surface area (Å²) in [6, 6.07) is 0. The molecule has 20 heteroatoms. The zero-order valence-corrected chi connectivity index (χ0v) is 15.2. The van der Waals surface area contributed by atoms with Crippen molar-refractivity contribution in [1.29, 1.82) is 0 Å². The molecule has 1 aromatic rings. The van der Waals surface area contributed by atoms with Crippen molar-refractivity contribution in [2.24, 2.45) is 0 Å². The Kier molecular flexibility index (Phi) is 8.06. The Morgan fingerprint density at radius 3 is 1.36 bits per heavy atom. The van der Waals surface area contributed by atoms with Crippen molar-refractivity contribution < 1.29 is 73.5 Å². The topological polar surface area (TPSA) is 274 Å². The van der Waals surface area contributed by atoms with Crippen molar-refractivity contribution in [3.8, 4) is 11.5 Å². The van der Waals surface area contributed by atoms with E-state index in [1.807, 2.05) is 0 Å². The molecule has 0 fully saturated rings. The van der Waals surface area contributed by atoms with Gasteiger partial charge in [0, 0.05) is 0 Å². The Bertz CT molecular complexity index is 898. The van der Waals surface area contributed by atoms with Gasteiger partial charge in [0.25, 0.3) is 6.16 Å². The number of nitrogens with zero attached hydrogens (tertiary/aromatic N) is 5. The summed E-state index contributed by atoms with van der Waals surface area (Å²) in [6.07, 6.45) is -2.64. The van der Waals surface area contributed by atoms with Crippen LogP contribution in [-0.2, 0) is 0 Å². The van der Waals surface area contributed by atoms with E-state index in [0.717, 1.165) is 0 Å². The van der Waals surface area contributed by atoms with Crippen LogP contribution in [0, 0.1) is 50.6 Å². The van der Waals surface area contributed by atoms with Crippen LogP contribution in [0.1, 0.15) is 0 Å². The van der Waals surface area contributed by atoms with E-state index in [-0.39, 0.29) is 29.6 Å². The van der Waals surface area contributed by atoms with E-state index in [4.69, 9.17) is 0 Å². The zero-order valence-electron chi connectivity index (χ0n) is 13.2. The van der Waals surface area contributed by atoms with E-state index < -0.39 is 71.8 Å². The van der Waals surface area contributed by atoms with Gasteiger partial charge in [-0.05, 0) is 0 Å². The molecule has 1 aromatic carbocycles. The Labute approximate surface area is 171 Å².